The van der Waals surface area contributed by atoms with Crippen molar-refractivity contribution in [1.82, 2.24) is 10.2 Å². The minimum Gasteiger partial charge on any atom is -0.349 e. The van der Waals surface area contributed by atoms with Gasteiger partial charge in [0.05, 0.1) is 6.04 Å². The number of nitrogens with one attached hydrogen (secondary N) is 1. The van der Waals surface area contributed by atoms with E-state index in [1.54, 1.807) is 0 Å². The van der Waals surface area contributed by atoms with Crippen molar-refractivity contribution in [2.75, 3.05) is 13.1 Å². The summed E-state index contributed by atoms with van der Waals surface area (Å²) in [5, 5.41) is 3.15. The molecule has 1 fully saturated rings. The molecule has 0 bridgehead atoms. The minimum absolute atomic E-state index is 0.00880. The molecule has 1 atom stereocenters. The lowest BCUT2D eigenvalue weighted by molar-refractivity contribution is -0.125. The van der Waals surface area contributed by atoms with Crippen molar-refractivity contribution in [2.45, 2.75) is 65.1 Å². The van der Waals surface area contributed by atoms with Gasteiger partial charge in [-0.15, -0.1) is 0 Å². The summed E-state index contributed by atoms with van der Waals surface area (Å²) in [4.78, 5) is 14.5. The molecule has 0 spiro atoms. The second kappa shape index (κ2) is 6.02. The SMILES string of the molecule is CC(C)C(N)C(=O)NC1(C)CCN(C(C)C)CC1. The molecule has 0 aliphatic carbocycles. The van der Waals surface area contributed by atoms with E-state index in [2.05, 4.69) is 31.0 Å². The maximum Gasteiger partial charge on any atom is 0.237 e. The number of rotatable bonds is 4. The van der Waals surface area contributed by atoms with Gasteiger partial charge in [-0.25, -0.2) is 0 Å². The Hall–Kier alpha value is -0.610. The van der Waals surface area contributed by atoms with Crippen molar-refractivity contribution in [2.24, 2.45) is 11.7 Å². The van der Waals surface area contributed by atoms with Crippen molar-refractivity contribution in [3.05, 3.63) is 0 Å². The summed E-state index contributed by atoms with van der Waals surface area (Å²) in [5.41, 5.74) is 5.80. The topological polar surface area (TPSA) is 58.4 Å². The molecule has 0 radical (unpaired) electrons. The molecule has 0 aromatic rings. The van der Waals surface area contributed by atoms with Gasteiger partial charge in [-0.2, -0.15) is 0 Å². The molecule has 0 aromatic carbocycles. The van der Waals surface area contributed by atoms with E-state index in [9.17, 15) is 4.79 Å². The average Bonchev–Trinajstić information content (AvgIpc) is 2.27. The van der Waals surface area contributed by atoms with Crippen LogP contribution in [-0.4, -0.2) is 41.5 Å². The molecule has 1 unspecified atom stereocenters. The number of nitrogens with zero attached hydrogens (tertiary/aromatic N) is 1. The number of likely N-dealkylation sites (tertiary alicyclic amines) is 1. The number of piperidine rings is 1. The molecule has 1 rings (SSSR count). The lowest BCUT2D eigenvalue weighted by Gasteiger charge is -2.42. The second-order valence-corrected chi connectivity index (χ2v) is 6.45. The highest BCUT2D eigenvalue weighted by Crippen LogP contribution is 2.23. The number of carbonyl (C=O) groups excluding carboxylic acids is 1. The fraction of sp³-hybridized carbons (Fsp3) is 0.929. The first kappa shape index (κ1) is 15.4. The van der Waals surface area contributed by atoms with Gasteiger partial charge in [0.2, 0.25) is 5.91 Å². The molecule has 0 aromatic heterocycles. The standard InChI is InChI=1S/C14H29N3O/c1-10(2)12(15)13(18)16-14(5)6-8-17(9-7-14)11(3)4/h10-12H,6-9,15H2,1-5H3,(H,16,18). The number of hydrogen-bond donors (Lipinski definition) is 2. The summed E-state index contributed by atoms with van der Waals surface area (Å²) in [6.07, 6.45) is 2.00. The predicted octanol–water partition coefficient (Wildman–Crippen LogP) is 1.35. The van der Waals surface area contributed by atoms with Crippen molar-refractivity contribution in [3.63, 3.8) is 0 Å². The van der Waals surface area contributed by atoms with E-state index in [-0.39, 0.29) is 17.4 Å². The third kappa shape index (κ3) is 3.95. The highest BCUT2D eigenvalue weighted by molar-refractivity contribution is 5.82. The third-order valence-corrected chi connectivity index (χ3v) is 4.08. The van der Waals surface area contributed by atoms with Crippen LogP contribution in [0.1, 0.15) is 47.5 Å². The number of carbonyl (C=O) groups is 1. The molecular weight excluding hydrogens is 226 g/mol. The van der Waals surface area contributed by atoms with Crippen LogP contribution in [-0.2, 0) is 4.79 Å². The molecule has 1 aliphatic rings. The van der Waals surface area contributed by atoms with Crippen LogP contribution in [0.5, 0.6) is 0 Å². The van der Waals surface area contributed by atoms with Gasteiger partial charge in [0.1, 0.15) is 0 Å². The van der Waals surface area contributed by atoms with E-state index in [0.29, 0.717) is 6.04 Å². The predicted molar refractivity (Wildman–Crippen MR) is 75.3 cm³/mol. The first-order valence-corrected chi connectivity index (χ1v) is 7.07. The summed E-state index contributed by atoms with van der Waals surface area (Å²) >= 11 is 0. The first-order chi connectivity index (χ1) is 8.25. The fourth-order valence-corrected chi connectivity index (χ4v) is 2.34. The van der Waals surface area contributed by atoms with Crippen molar-refractivity contribution < 1.29 is 4.79 Å². The Kier molecular flexibility index (Phi) is 5.17. The third-order valence-electron chi connectivity index (χ3n) is 4.08. The van der Waals surface area contributed by atoms with E-state index < -0.39 is 6.04 Å². The van der Waals surface area contributed by atoms with E-state index in [4.69, 9.17) is 5.73 Å². The Labute approximate surface area is 111 Å². The van der Waals surface area contributed by atoms with Crippen LogP contribution in [0, 0.1) is 5.92 Å². The highest BCUT2D eigenvalue weighted by Gasteiger charge is 2.33. The zero-order valence-corrected chi connectivity index (χ0v) is 12.5. The Balaban J connectivity index is 2.50. The molecule has 0 saturated carbocycles. The smallest absolute Gasteiger partial charge is 0.237 e. The van der Waals surface area contributed by atoms with Crippen LogP contribution < -0.4 is 11.1 Å². The molecule has 1 saturated heterocycles. The molecule has 4 nitrogen and oxygen atoms in total. The zero-order valence-electron chi connectivity index (χ0n) is 12.5. The Bertz CT molecular complexity index is 281. The zero-order chi connectivity index (χ0) is 13.9. The quantitative estimate of drug-likeness (QED) is 0.797. The first-order valence-electron chi connectivity index (χ1n) is 7.07. The van der Waals surface area contributed by atoms with Gasteiger partial charge in [0.15, 0.2) is 0 Å². The van der Waals surface area contributed by atoms with Crippen molar-refractivity contribution >= 4 is 5.91 Å². The normalized spacial score (nSPS) is 22.2. The molecule has 1 heterocycles. The van der Waals surface area contributed by atoms with Gasteiger partial charge < -0.3 is 16.0 Å². The number of hydrogen-bond acceptors (Lipinski definition) is 3. The molecule has 1 aliphatic heterocycles. The molecule has 106 valence electrons. The van der Waals surface area contributed by atoms with Crippen LogP contribution in [0.2, 0.25) is 0 Å². The molecule has 3 N–H and O–H groups in total. The summed E-state index contributed by atoms with van der Waals surface area (Å²) < 4.78 is 0. The highest BCUT2D eigenvalue weighted by atomic mass is 16.2. The van der Waals surface area contributed by atoms with Crippen LogP contribution in [0.3, 0.4) is 0 Å². The van der Waals surface area contributed by atoms with Crippen LogP contribution in [0.4, 0.5) is 0 Å². The largest absolute Gasteiger partial charge is 0.349 e. The fourth-order valence-electron chi connectivity index (χ4n) is 2.34. The van der Waals surface area contributed by atoms with Crippen LogP contribution in [0.25, 0.3) is 0 Å². The van der Waals surface area contributed by atoms with Gasteiger partial charge in [0.25, 0.3) is 0 Å². The van der Waals surface area contributed by atoms with Crippen molar-refractivity contribution in [3.8, 4) is 0 Å². The second-order valence-electron chi connectivity index (χ2n) is 6.45. The minimum atomic E-state index is -0.398. The Morgan fingerprint density at radius 2 is 1.72 bits per heavy atom. The van der Waals surface area contributed by atoms with E-state index in [1.807, 2.05) is 13.8 Å². The molecule has 18 heavy (non-hydrogen) atoms. The molecular formula is C14H29N3O. The Morgan fingerprint density at radius 1 is 1.22 bits per heavy atom. The molecule has 1 amide bonds. The molecule has 4 heteroatoms. The van der Waals surface area contributed by atoms with Gasteiger partial charge in [-0.05, 0) is 39.5 Å². The van der Waals surface area contributed by atoms with Gasteiger partial charge in [-0.3, -0.25) is 4.79 Å². The maximum absolute atomic E-state index is 12.0. The summed E-state index contributed by atoms with van der Waals surface area (Å²) in [7, 11) is 0. The lowest BCUT2D eigenvalue weighted by Crippen LogP contribution is -2.58. The van der Waals surface area contributed by atoms with Crippen LogP contribution in [0.15, 0.2) is 0 Å². The number of nitrogens with two attached hydrogens (primary N) is 1. The Morgan fingerprint density at radius 3 is 2.11 bits per heavy atom. The summed E-state index contributed by atoms with van der Waals surface area (Å²) in [5.74, 6) is 0.176. The van der Waals surface area contributed by atoms with Crippen LogP contribution >= 0.6 is 0 Å². The van der Waals surface area contributed by atoms with Crippen molar-refractivity contribution in [1.29, 1.82) is 0 Å². The summed E-state index contributed by atoms with van der Waals surface area (Å²) in [6, 6.07) is 0.188. The van der Waals surface area contributed by atoms with E-state index >= 15 is 0 Å². The lowest BCUT2D eigenvalue weighted by atomic mass is 9.88. The average molecular weight is 255 g/mol. The summed E-state index contributed by atoms with van der Waals surface area (Å²) in [6.45, 7) is 12.6. The maximum atomic E-state index is 12.0. The van der Waals surface area contributed by atoms with Gasteiger partial charge in [-0.1, -0.05) is 13.8 Å². The van der Waals surface area contributed by atoms with Gasteiger partial charge in [0, 0.05) is 24.7 Å². The van der Waals surface area contributed by atoms with Gasteiger partial charge >= 0.3 is 0 Å². The van der Waals surface area contributed by atoms with E-state index in [0.717, 1.165) is 25.9 Å². The van der Waals surface area contributed by atoms with E-state index in [1.165, 1.54) is 0 Å². The number of amides is 1. The monoisotopic (exact) mass is 255 g/mol.